The van der Waals surface area contributed by atoms with Gasteiger partial charge in [0.05, 0.1) is 0 Å². The van der Waals surface area contributed by atoms with Gasteiger partial charge in [0, 0.05) is 6.04 Å². The van der Waals surface area contributed by atoms with E-state index in [1.807, 2.05) is 0 Å². The largest absolute Gasteiger partial charge is 0.313 e. The molecule has 0 saturated heterocycles. The molecule has 0 heterocycles. The van der Waals surface area contributed by atoms with Gasteiger partial charge in [0.15, 0.2) is 0 Å². The normalized spacial score (nSPS) is 15.7. The molecule has 1 heteroatoms. The van der Waals surface area contributed by atoms with Crippen LogP contribution in [0.1, 0.15) is 86.5 Å². The molecule has 18 heavy (non-hydrogen) atoms. The third-order valence-corrected chi connectivity index (χ3v) is 4.09. The maximum absolute atomic E-state index is 3.74. The molecule has 0 aromatic carbocycles. The van der Waals surface area contributed by atoms with E-state index in [1.54, 1.807) is 0 Å². The highest BCUT2D eigenvalue weighted by molar-refractivity contribution is 4.81. The highest BCUT2D eigenvalue weighted by Crippen LogP contribution is 2.27. The lowest BCUT2D eigenvalue weighted by Crippen LogP contribution is -2.40. The standard InChI is InChI=1S/C17H37N/c1-7-10-11-15(9-3)12-13-16(17(4,5)6)18-14-8-2/h15-16,18H,7-14H2,1-6H3. The van der Waals surface area contributed by atoms with Crippen LogP contribution in [0.4, 0.5) is 0 Å². The third kappa shape index (κ3) is 8.13. The lowest BCUT2D eigenvalue weighted by molar-refractivity contribution is 0.235. The minimum absolute atomic E-state index is 0.387. The van der Waals surface area contributed by atoms with E-state index in [4.69, 9.17) is 0 Å². The summed E-state index contributed by atoms with van der Waals surface area (Å²) in [5.74, 6) is 0.943. The van der Waals surface area contributed by atoms with E-state index in [1.165, 1.54) is 44.9 Å². The number of hydrogen-bond donors (Lipinski definition) is 1. The van der Waals surface area contributed by atoms with E-state index in [0.29, 0.717) is 11.5 Å². The summed E-state index contributed by atoms with van der Waals surface area (Å²) in [5, 5.41) is 3.74. The lowest BCUT2D eigenvalue weighted by Gasteiger charge is -2.33. The Labute approximate surface area is 116 Å². The zero-order valence-corrected chi connectivity index (χ0v) is 13.8. The second-order valence-electron chi connectivity index (χ2n) is 6.87. The Bertz CT molecular complexity index is 181. The summed E-state index contributed by atoms with van der Waals surface area (Å²) in [7, 11) is 0. The molecule has 0 spiro atoms. The Balaban J connectivity index is 4.14. The Morgan fingerprint density at radius 2 is 1.56 bits per heavy atom. The molecule has 0 bridgehead atoms. The predicted octanol–water partition coefficient (Wildman–Crippen LogP) is 5.40. The molecule has 0 aliphatic rings. The van der Waals surface area contributed by atoms with Gasteiger partial charge in [0.1, 0.15) is 0 Å². The van der Waals surface area contributed by atoms with Crippen LogP contribution in [0.3, 0.4) is 0 Å². The summed E-state index contributed by atoms with van der Waals surface area (Å²) in [6, 6.07) is 0.674. The number of nitrogens with one attached hydrogen (secondary N) is 1. The molecule has 1 N–H and O–H groups in total. The third-order valence-electron chi connectivity index (χ3n) is 4.09. The Hall–Kier alpha value is -0.0400. The van der Waals surface area contributed by atoms with Crippen molar-refractivity contribution in [3.63, 3.8) is 0 Å². The Morgan fingerprint density at radius 3 is 2.00 bits per heavy atom. The lowest BCUT2D eigenvalue weighted by atomic mass is 9.81. The van der Waals surface area contributed by atoms with Gasteiger partial charge in [-0.2, -0.15) is 0 Å². The van der Waals surface area contributed by atoms with Gasteiger partial charge in [0.2, 0.25) is 0 Å². The van der Waals surface area contributed by atoms with Crippen LogP contribution in [0.2, 0.25) is 0 Å². The van der Waals surface area contributed by atoms with Crippen molar-refractivity contribution in [1.82, 2.24) is 5.32 Å². The fourth-order valence-electron chi connectivity index (χ4n) is 2.61. The first-order valence-corrected chi connectivity index (χ1v) is 8.19. The van der Waals surface area contributed by atoms with Crippen LogP contribution < -0.4 is 5.32 Å². The van der Waals surface area contributed by atoms with Crippen molar-refractivity contribution in [1.29, 1.82) is 0 Å². The van der Waals surface area contributed by atoms with Crippen molar-refractivity contribution in [3.8, 4) is 0 Å². The first-order chi connectivity index (χ1) is 8.45. The van der Waals surface area contributed by atoms with Crippen molar-refractivity contribution in [3.05, 3.63) is 0 Å². The molecular weight excluding hydrogens is 218 g/mol. The average Bonchev–Trinajstić information content (AvgIpc) is 2.31. The molecule has 0 aliphatic heterocycles. The van der Waals surface area contributed by atoms with E-state index in [0.717, 1.165) is 12.5 Å². The fraction of sp³-hybridized carbons (Fsp3) is 1.00. The second kappa shape index (κ2) is 9.83. The molecule has 0 amide bonds. The second-order valence-corrected chi connectivity index (χ2v) is 6.87. The Morgan fingerprint density at radius 1 is 0.889 bits per heavy atom. The zero-order valence-electron chi connectivity index (χ0n) is 13.8. The topological polar surface area (TPSA) is 12.0 Å². The van der Waals surface area contributed by atoms with Crippen LogP contribution in [0.15, 0.2) is 0 Å². The Kier molecular flexibility index (Phi) is 9.81. The smallest absolute Gasteiger partial charge is 0.0116 e. The minimum atomic E-state index is 0.387. The average molecular weight is 255 g/mol. The van der Waals surface area contributed by atoms with Crippen LogP contribution >= 0.6 is 0 Å². The number of unbranched alkanes of at least 4 members (excludes halogenated alkanes) is 1. The van der Waals surface area contributed by atoms with E-state index in [2.05, 4.69) is 46.9 Å². The molecule has 0 aromatic heterocycles. The molecule has 0 aliphatic carbocycles. The van der Waals surface area contributed by atoms with Crippen molar-refractivity contribution >= 4 is 0 Å². The molecule has 0 saturated carbocycles. The van der Waals surface area contributed by atoms with E-state index in [-0.39, 0.29) is 0 Å². The first-order valence-electron chi connectivity index (χ1n) is 8.19. The van der Waals surface area contributed by atoms with Gasteiger partial charge in [-0.25, -0.2) is 0 Å². The molecular formula is C17H37N. The zero-order chi connectivity index (χ0) is 14.0. The van der Waals surface area contributed by atoms with E-state index < -0.39 is 0 Å². The number of rotatable bonds is 10. The number of hydrogen-bond acceptors (Lipinski definition) is 1. The SMILES string of the molecule is CCCCC(CC)CCC(NCCC)C(C)(C)C. The molecule has 0 aromatic rings. The monoisotopic (exact) mass is 255 g/mol. The highest BCUT2D eigenvalue weighted by atomic mass is 14.9. The van der Waals surface area contributed by atoms with Crippen LogP contribution in [-0.4, -0.2) is 12.6 Å². The van der Waals surface area contributed by atoms with Gasteiger partial charge in [-0.05, 0) is 37.1 Å². The van der Waals surface area contributed by atoms with Gasteiger partial charge < -0.3 is 5.32 Å². The van der Waals surface area contributed by atoms with Gasteiger partial charge in [-0.15, -0.1) is 0 Å². The summed E-state index contributed by atoms with van der Waals surface area (Å²) >= 11 is 0. The van der Waals surface area contributed by atoms with Crippen molar-refractivity contribution in [2.45, 2.75) is 92.5 Å². The van der Waals surface area contributed by atoms with Crippen molar-refractivity contribution < 1.29 is 0 Å². The van der Waals surface area contributed by atoms with Crippen LogP contribution in [0, 0.1) is 11.3 Å². The van der Waals surface area contributed by atoms with Crippen molar-refractivity contribution in [2.24, 2.45) is 11.3 Å². The molecule has 0 fully saturated rings. The van der Waals surface area contributed by atoms with Gasteiger partial charge in [0.25, 0.3) is 0 Å². The van der Waals surface area contributed by atoms with Gasteiger partial charge in [-0.3, -0.25) is 0 Å². The van der Waals surface area contributed by atoms with Gasteiger partial charge in [-0.1, -0.05) is 67.2 Å². The molecule has 1 nitrogen and oxygen atoms in total. The summed E-state index contributed by atoms with van der Waals surface area (Å²) in [6.07, 6.45) is 9.50. The van der Waals surface area contributed by atoms with Crippen LogP contribution in [0.25, 0.3) is 0 Å². The first kappa shape index (κ1) is 18.0. The van der Waals surface area contributed by atoms with Crippen LogP contribution in [-0.2, 0) is 0 Å². The maximum atomic E-state index is 3.74. The quantitative estimate of drug-likeness (QED) is 0.551. The molecule has 0 radical (unpaired) electrons. The molecule has 110 valence electrons. The van der Waals surface area contributed by atoms with Gasteiger partial charge >= 0.3 is 0 Å². The minimum Gasteiger partial charge on any atom is -0.313 e. The highest BCUT2D eigenvalue weighted by Gasteiger charge is 2.24. The summed E-state index contributed by atoms with van der Waals surface area (Å²) in [4.78, 5) is 0. The summed E-state index contributed by atoms with van der Waals surface area (Å²) in [6.45, 7) is 15.2. The molecule has 2 atom stereocenters. The molecule has 0 rings (SSSR count). The summed E-state index contributed by atoms with van der Waals surface area (Å²) in [5.41, 5.74) is 0.387. The van der Waals surface area contributed by atoms with Crippen LogP contribution in [0.5, 0.6) is 0 Å². The fourth-order valence-corrected chi connectivity index (χ4v) is 2.61. The summed E-state index contributed by atoms with van der Waals surface area (Å²) < 4.78 is 0. The van der Waals surface area contributed by atoms with Crippen molar-refractivity contribution in [2.75, 3.05) is 6.54 Å². The van der Waals surface area contributed by atoms with E-state index in [9.17, 15) is 0 Å². The van der Waals surface area contributed by atoms with E-state index >= 15 is 0 Å². The predicted molar refractivity (Wildman–Crippen MR) is 84.1 cm³/mol. The molecule has 2 unspecified atom stereocenters. The maximum Gasteiger partial charge on any atom is 0.0116 e.